The van der Waals surface area contributed by atoms with Gasteiger partial charge in [-0.25, -0.2) is 5.43 Å². The van der Waals surface area contributed by atoms with Crippen molar-refractivity contribution in [1.82, 2.24) is 15.7 Å². The summed E-state index contributed by atoms with van der Waals surface area (Å²) >= 11 is 0. The molecule has 8 nitrogen and oxygen atoms in total. The molecule has 0 fully saturated rings. The van der Waals surface area contributed by atoms with E-state index < -0.39 is 11.8 Å². The number of carbonyl (C=O) groups is 2. The number of aromatic nitrogens is 1. The maximum atomic E-state index is 11.8. The topological polar surface area (TPSA) is 102 Å². The number of fused-ring (bicyclic) bond motifs is 1. The Bertz CT molecular complexity index is 836. The van der Waals surface area contributed by atoms with Gasteiger partial charge in [-0.2, -0.15) is 5.10 Å². The fourth-order valence-electron chi connectivity index (χ4n) is 2.27. The Kier molecular flexibility index (Phi) is 5.43. The minimum Gasteiger partial charge on any atom is -0.486 e. The Morgan fingerprint density at radius 3 is 2.73 bits per heavy atom. The zero-order valence-corrected chi connectivity index (χ0v) is 14.2. The average Bonchev–Trinajstić information content (AvgIpc) is 2.70. The highest BCUT2D eigenvalue weighted by atomic mass is 16.6. The summed E-state index contributed by atoms with van der Waals surface area (Å²) in [7, 11) is 0. The van der Waals surface area contributed by atoms with Crippen molar-refractivity contribution >= 4 is 17.5 Å². The number of pyridine rings is 1. The third-order valence-corrected chi connectivity index (χ3v) is 3.62. The van der Waals surface area contributed by atoms with Crippen LogP contribution in [0.25, 0.3) is 0 Å². The van der Waals surface area contributed by atoms with Crippen LogP contribution in [0.4, 0.5) is 0 Å². The van der Waals surface area contributed by atoms with Gasteiger partial charge in [-0.3, -0.25) is 14.6 Å². The lowest BCUT2D eigenvalue weighted by atomic mass is 10.1. The van der Waals surface area contributed by atoms with Crippen LogP contribution >= 0.6 is 0 Å². The number of rotatable bonds is 5. The van der Waals surface area contributed by atoms with Crippen molar-refractivity contribution in [3.63, 3.8) is 0 Å². The fraction of sp³-hybridized carbons (Fsp3) is 0.222. The third kappa shape index (κ3) is 4.35. The second-order valence-corrected chi connectivity index (χ2v) is 5.49. The van der Waals surface area contributed by atoms with Gasteiger partial charge in [-0.1, -0.05) is 6.07 Å². The minimum atomic E-state index is -0.439. The van der Waals surface area contributed by atoms with E-state index in [0.29, 0.717) is 30.4 Å². The van der Waals surface area contributed by atoms with Crippen molar-refractivity contribution in [1.29, 1.82) is 0 Å². The van der Waals surface area contributed by atoms with Gasteiger partial charge in [0.1, 0.15) is 18.9 Å². The molecular weight excluding hydrogens is 336 g/mol. The number of carbonyl (C=O) groups excluding carboxylic acids is 2. The predicted octanol–water partition coefficient (Wildman–Crippen LogP) is 1.12. The number of hydrogen-bond acceptors (Lipinski definition) is 6. The molecule has 1 aromatic heterocycles. The molecule has 0 unspecified atom stereocenters. The molecule has 2 heterocycles. The van der Waals surface area contributed by atoms with Crippen LogP contribution in [0.2, 0.25) is 0 Å². The molecule has 1 aromatic carbocycles. The molecule has 2 aromatic rings. The summed E-state index contributed by atoms with van der Waals surface area (Å²) < 4.78 is 11.0. The molecule has 2 amide bonds. The number of nitrogens with zero attached hydrogens (tertiary/aromatic N) is 2. The van der Waals surface area contributed by atoms with Crippen LogP contribution < -0.4 is 20.2 Å². The molecule has 0 atom stereocenters. The van der Waals surface area contributed by atoms with E-state index in [0.717, 1.165) is 5.56 Å². The summed E-state index contributed by atoms with van der Waals surface area (Å²) in [6.45, 7) is 2.59. The maximum Gasteiger partial charge on any atom is 0.270 e. The highest BCUT2D eigenvalue weighted by Gasteiger charge is 2.13. The molecule has 1 aliphatic rings. The minimum absolute atomic E-state index is 0.201. The normalized spacial score (nSPS) is 13.0. The van der Waals surface area contributed by atoms with Gasteiger partial charge in [0.05, 0.1) is 12.3 Å². The molecule has 0 saturated heterocycles. The Morgan fingerprint density at radius 2 is 1.96 bits per heavy atom. The van der Waals surface area contributed by atoms with E-state index in [1.54, 1.807) is 31.2 Å². The summed E-state index contributed by atoms with van der Waals surface area (Å²) in [6, 6.07) is 10.4. The molecule has 0 saturated carbocycles. The fourth-order valence-corrected chi connectivity index (χ4v) is 2.27. The van der Waals surface area contributed by atoms with Crippen molar-refractivity contribution in [3.05, 3.63) is 53.9 Å². The standard InChI is InChI=1S/C18H18N4O4/c1-12(13-5-6-15-16(10-13)26-9-8-25-15)21-22-17(23)11-20-18(24)14-4-2-3-7-19-14/h2-7,10H,8-9,11H2,1H3,(H,20,24)(H,22,23)/b21-12-. The third-order valence-electron chi connectivity index (χ3n) is 3.62. The first kappa shape index (κ1) is 17.4. The lowest BCUT2D eigenvalue weighted by Crippen LogP contribution is -2.35. The van der Waals surface area contributed by atoms with Crippen LogP contribution in [0.15, 0.2) is 47.7 Å². The first-order valence-corrected chi connectivity index (χ1v) is 8.06. The Labute approximate surface area is 150 Å². The van der Waals surface area contributed by atoms with Crippen molar-refractivity contribution in [2.45, 2.75) is 6.92 Å². The number of ether oxygens (including phenoxy) is 2. The number of hydrogen-bond donors (Lipinski definition) is 2. The summed E-state index contributed by atoms with van der Waals surface area (Å²) in [4.78, 5) is 27.6. The molecule has 3 rings (SSSR count). The quantitative estimate of drug-likeness (QED) is 0.619. The highest BCUT2D eigenvalue weighted by molar-refractivity contribution is 6.00. The molecule has 0 bridgehead atoms. The molecule has 0 aliphatic carbocycles. The monoisotopic (exact) mass is 354 g/mol. The van der Waals surface area contributed by atoms with Crippen LogP contribution in [0, 0.1) is 0 Å². The van der Waals surface area contributed by atoms with Crippen LogP contribution in [-0.4, -0.2) is 42.3 Å². The second kappa shape index (κ2) is 8.11. The highest BCUT2D eigenvalue weighted by Crippen LogP contribution is 2.30. The summed E-state index contributed by atoms with van der Waals surface area (Å²) in [5.41, 5.74) is 4.06. The summed E-state index contributed by atoms with van der Waals surface area (Å²) in [6.07, 6.45) is 1.51. The molecule has 26 heavy (non-hydrogen) atoms. The number of amides is 2. The smallest absolute Gasteiger partial charge is 0.270 e. The zero-order chi connectivity index (χ0) is 18.4. The molecule has 0 radical (unpaired) electrons. The maximum absolute atomic E-state index is 11.8. The molecule has 0 spiro atoms. The van der Waals surface area contributed by atoms with E-state index in [4.69, 9.17) is 9.47 Å². The summed E-state index contributed by atoms with van der Waals surface area (Å²) in [5, 5.41) is 6.53. The molecule has 8 heteroatoms. The lowest BCUT2D eigenvalue weighted by Gasteiger charge is -2.18. The summed E-state index contributed by atoms with van der Waals surface area (Å²) in [5.74, 6) is 0.478. The lowest BCUT2D eigenvalue weighted by molar-refractivity contribution is -0.120. The van der Waals surface area contributed by atoms with Gasteiger partial charge in [-0.05, 0) is 37.3 Å². The average molecular weight is 354 g/mol. The van der Waals surface area contributed by atoms with E-state index in [2.05, 4.69) is 20.8 Å². The Morgan fingerprint density at radius 1 is 1.15 bits per heavy atom. The Balaban J connectivity index is 1.53. The van der Waals surface area contributed by atoms with Crippen LogP contribution in [0.3, 0.4) is 0 Å². The Hall–Kier alpha value is -3.42. The molecule has 1 aliphatic heterocycles. The van der Waals surface area contributed by atoms with Crippen molar-refractivity contribution in [2.24, 2.45) is 5.10 Å². The second-order valence-electron chi connectivity index (χ2n) is 5.49. The van der Waals surface area contributed by atoms with E-state index in [9.17, 15) is 9.59 Å². The zero-order valence-electron chi connectivity index (χ0n) is 14.2. The van der Waals surface area contributed by atoms with Crippen molar-refractivity contribution in [3.8, 4) is 11.5 Å². The van der Waals surface area contributed by atoms with Crippen molar-refractivity contribution < 1.29 is 19.1 Å². The van der Waals surface area contributed by atoms with Gasteiger partial charge in [0.15, 0.2) is 11.5 Å². The van der Waals surface area contributed by atoms with Gasteiger partial charge in [0, 0.05) is 11.8 Å². The van der Waals surface area contributed by atoms with Gasteiger partial charge in [0.25, 0.3) is 11.8 Å². The number of benzene rings is 1. The SMILES string of the molecule is C/C(=N/NC(=O)CNC(=O)c1ccccn1)c1ccc2c(c1)OCCO2. The largest absolute Gasteiger partial charge is 0.486 e. The first-order chi connectivity index (χ1) is 12.6. The van der Waals surface area contributed by atoms with E-state index in [-0.39, 0.29) is 12.2 Å². The van der Waals surface area contributed by atoms with Gasteiger partial charge in [0.2, 0.25) is 0 Å². The van der Waals surface area contributed by atoms with Gasteiger partial charge in [-0.15, -0.1) is 0 Å². The van der Waals surface area contributed by atoms with Crippen LogP contribution in [0.5, 0.6) is 11.5 Å². The number of hydrazone groups is 1. The van der Waals surface area contributed by atoms with Gasteiger partial charge < -0.3 is 14.8 Å². The van der Waals surface area contributed by atoms with E-state index >= 15 is 0 Å². The molecule has 134 valence electrons. The van der Waals surface area contributed by atoms with Crippen LogP contribution in [0.1, 0.15) is 23.0 Å². The molecular formula is C18H18N4O4. The first-order valence-electron chi connectivity index (χ1n) is 8.06. The van der Waals surface area contributed by atoms with Crippen molar-refractivity contribution in [2.75, 3.05) is 19.8 Å². The number of nitrogens with one attached hydrogen (secondary N) is 2. The van der Waals surface area contributed by atoms with Crippen LogP contribution in [-0.2, 0) is 4.79 Å². The molecule has 2 N–H and O–H groups in total. The van der Waals surface area contributed by atoms with E-state index in [1.807, 2.05) is 12.1 Å². The van der Waals surface area contributed by atoms with Gasteiger partial charge >= 0.3 is 0 Å². The predicted molar refractivity (Wildman–Crippen MR) is 94.4 cm³/mol. The van der Waals surface area contributed by atoms with E-state index in [1.165, 1.54) is 6.20 Å².